The molecule has 1 saturated heterocycles. The fraction of sp³-hybridized carbons (Fsp3) is 0.500. The van der Waals surface area contributed by atoms with Crippen molar-refractivity contribution in [3.05, 3.63) is 34.1 Å². The topological polar surface area (TPSA) is 29.5 Å². The molecule has 2 nitrogen and oxygen atoms in total. The first-order valence-corrected chi connectivity index (χ1v) is 6.08. The Kier molecular flexibility index (Phi) is 3.33. The lowest BCUT2D eigenvalue weighted by atomic mass is 9.89. The summed E-state index contributed by atoms with van der Waals surface area (Å²) in [5, 5.41) is 10.3. The molecule has 4 heteroatoms. The Morgan fingerprint density at radius 3 is 2.88 bits per heavy atom. The summed E-state index contributed by atoms with van der Waals surface area (Å²) in [5.74, 6) is -0.292. The normalized spacial score (nSPS) is 29.6. The Labute approximate surface area is 103 Å². The van der Waals surface area contributed by atoms with E-state index in [4.69, 9.17) is 4.74 Å². The molecule has 2 rings (SSSR count). The first-order valence-electron chi connectivity index (χ1n) is 5.28. The first-order chi connectivity index (χ1) is 7.49. The SMILES string of the molecule is CC1OCCC1(O)Cc1cc(F)cc(Br)c1. The zero-order valence-electron chi connectivity index (χ0n) is 9.04. The number of rotatable bonds is 2. The van der Waals surface area contributed by atoms with E-state index in [1.54, 1.807) is 0 Å². The maximum atomic E-state index is 13.2. The third-order valence-electron chi connectivity index (χ3n) is 3.09. The lowest BCUT2D eigenvalue weighted by Gasteiger charge is -2.26. The molecule has 88 valence electrons. The summed E-state index contributed by atoms with van der Waals surface area (Å²) in [7, 11) is 0. The zero-order valence-corrected chi connectivity index (χ0v) is 10.6. The lowest BCUT2D eigenvalue weighted by Crippen LogP contribution is -2.38. The van der Waals surface area contributed by atoms with Gasteiger partial charge in [0.25, 0.3) is 0 Å². The molecule has 0 aromatic heterocycles. The van der Waals surface area contributed by atoms with E-state index < -0.39 is 5.60 Å². The zero-order chi connectivity index (χ0) is 11.8. The van der Waals surface area contributed by atoms with Gasteiger partial charge in [0.2, 0.25) is 0 Å². The van der Waals surface area contributed by atoms with E-state index in [1.807, 2.05) is 13.0 Å². The Bertz CT molecular complexity index is 376. The largest absolute Gasteiger partial charge is 0.387 e. The number of ether oxygens (including phenoxy) is 1. The summed E-state index contributed by atoms with van der Waals surface area (Å²) in [6.07, 6.45) is 0.821. The third-order valence-corrected chi connectivity index (χ3v) is 3.55. The molecule has 2 unspecified atom stereocenters. The molecule has 1 aliphatic rings. The Balaban J connectivity index is 2.20. The van der Waals surface area contributed by atoms with Crippen molar-refractivity contribution in [3.63, 3.8) is 0 Å². The lowest BCUT2D eigenvalue weighted by molar-refractivity contribution is -0.0269. The summed E-state index contributed by atoms with van der Waals surface area (Å²) in [5.41, 5.74) is -0.0838. The highest BCUT2D eigenvalue weighted by Crippen LogP contribution is 2.30. The number of hydrogen-bond donors (Lipinski definition) is 1. The van der Waals surface area contributed by atoms with Gasteiger partial charge in [-0.1, -0.05) is 15.9 Å². The van der Waals surface area contributed by atoms with Gasteiger partial charge in [-0.05, 0) is 30.7 Å². The molecule has 0 aliphatic carbocycles. The molecule has 0 spiro atoms. The molecule has 0 bridgehead atoms. The monoisotopic (exact) mass is 288 g/mol. The van der Waals surface area contributed by atoms with Gasteiger partial charge in [0.1, 0.15) is 5.82 Å². The average molecular weight is 289 g/mol. The number of benzene rings is 1. The van der Waals surface area contributed by atoms with E-state index in [0.717, 1.165) is 5.56 Å². The van der Waals surface area contributed by atoms with Gasteiger partial charge in [-0.25, -0.2) is 4.39 Å². The Morgan fingerprint density at radius 1 is 1.56 bits per heavy atom. The van der Waals surface area contributed by atoms with Gasteiger partial charge >= 0.3 is 0 Å². The predicted octanol–water partition coefficient (Wildman–Crippen LogP) is 2.67. The van der Waals surface area contributed by atoms with Gasteiger partial charge < -0.3 is 9.84 Å². The van der Waals surface area contributed by atoms with Crippen molar-refractivity contribution in [1.82, 2.24) is 0 Å². The minimum atomic E-state index is -0.868. The molecular formula is C12H14BrFO2. The van der Waals surface area contributed by atoms with Gasteiger partial charge in [-0.15, -0.1) is 0 Å². The van der Waals surface area contributed by atoms with Crippen LogP contribution in [0, 0.1) is 5.82 Å². The van der Waals surface area contributed by atoms with Crippen LogP contribution in [0.2, 0.25) is 0 Å². The van der Waals surface area contributed by atoms with E-state index >= 15 is 0 Å². The van der Waals surface area contributed by atoms with E-state index in [9.17, 15) is 9.50 Å². The van der Waals surface area contributed by atoms with Gasteiger partial charge in [-0.2, -0.15) is 0 Å². The van der Waals surface area contributed by atoms with Crippen LogP contribution in [-0.4, -0.2) is 23.4 Å². The quantitative estimate of drug-likeness (QED) is 0.907. The summed E-state index contributed by atoms with van der Waals surface area (Å²) in [4.78, 5) is 0. The molecule has 2 atom stereocenters. The van der Waals surface area contributed by atoms with Crippen LogP contribution in [-0.2, 0) is 11.2 Å². The Hall–Kier alpha value is -0.450. The highest BCUT2D eigenvalue weighted by molar-refractivity contribution is 9.10. The number of aliphatic hydroxyl groups is 1. The van der Waals surface area contributed by atoms with E-state index in [2.05, 4.69) is 15.9 Å². The summed E-state index contributed by atoms with van der Waals surface area (Å²) < 4.78 is 19.2. The molecule has 0 saturated carbocycles. The second-order valence-corrected chi connectivity index (χ2v) is 5.24. The van der Waals surface area contributed by atoms with Crippen molar-refractivity contribution in [3.8, 4) is 0 Å². The molecule has 1 aromatic carbocycles. The van der Waals surface area contributed by atoms with Crippen molar-refractivity contribution < 1.29 is 14.2 Å². The molecule has 1 heterocycles. The molecule has 1 aliphatic heterocycles. The maximum Gasteiger partial charge on any atom is 0.124 e. The van der Waals surface area contributed by atoms with E-state index in [1.165, 1.54) is 12.1 Å². The number of hydrogen-bond acceptors (Lipinski definition) is 2. The van der Waals surface area contributed by atoms with Crippen molar-refractivity contribution in [1.29, 1.82) is 0 Å². The molecule has 0 radical (unpaired) electrons. The second-order valence-electron chi connectivity index (χ2n) is 4.32. The van der Waals surface area contributed by atoms with E-state index in [-0.39, 0.29) is 11.9 Å². The minimum absolute atomic E-state index is 0.199. The summed E-state index contributed by atoms with van der Waals surface area (Å²) in [6, 6.07) is 4.68. The Morgan fingerprint density at radius 2 is 2.31 bits per heavy atom. The maximum absolute atomic E-state index is 13.2. The fourth-order valence-electron chi connectivity index (χ4n) is 2.07. The van der Waals surface area contributed by atoms with Crippen LogP contribution in [0.4, 0.5) is 4.39 Å². The predicted molar refractivity (Wildman–Crippen MR) is 62.8 cm³/mol. The van der Waals surface area contributed by atoms with Crippen molar-refractivity contribution in [2.24, 2.45) is 0 Å². The fourth-order valence-corrected chi connectivity index (χ4v) is 2.58. The van der Waals surface area contributed by atoms with Gasteiger partial charge in [-0.3, -0.25) is 0 Å². The molecular weight excluding hydrogens is 275 g/mol. The molecule has 1 fully saturated rings. The van der Waals surface area contributed by atoms with Gasteiger partial charge in [0.15, 0.2) is 0 Å². The molecule has 1 aromatic rings. The summed E-state index contributed by atoms with van der Waals surface area (Å²) >= 11 is 3.24. The van der Waals surface area contributed by atoms with Crippen LogP contribution >= 0.6 is 15.9 Å². The van der Waals surface area contributed by atoms with Gasteiger partial charge in [0.05, 0.1) is 11.7 Å². The van der Waals surface area contributed by atoms with Gasteiger partial charge in [0, 0.05) is 23.9 Å². The smallest absolute Gasteiger partial charge is 0.124 e. The molecule has 0 amide bonds. The van der Waals surface area contributed by atoms with Crippen LogP contribution in [0.15, 0.2) is 22.7 Å². The van der Waals surface area contributed by atoms with Crippen molar-refractivity contribution >= 4 is 15.9 Å². The van der Waals surface area contributed by atoms with Crippen LogP contribution in [0.25, 0.3) is 0 Å². The van der Waals surface area contributed by atoms with Crippen molar-refractivity contribution in [2.45, 2.75) is 31.5 Å². The molecule has 1 N–H and O–H groups in total. The summed E-state index contributed by atoms with van der Waals surface area (Å²) in [6.45, 7) is 2.41. The highest BCUT2D eigenvalue weighted by atomic mass is 79.9. The van der Waals surface area contributed by atoms with Crippen LogP contribution in [0.5, 0.6) is 0 Å². The molecule has 16 heavy (non-hydrogen) atoms. The van der Waals surface area contributed by atoms with Crippen LogP contribution in [0.3, 0.4) is 0 Å². The number of halogens is 2. The minimum Gasteiger partial charge on any atom is -0.387 e. The standard InChI is InChI=1S/C12H14BrFO2/c1-8-12(15,2-3-16-8)7-9-4-10(13)6-11(14)5-9/h4-6,8,15H,2-3,7H2,1H3. The third kappa shape index (κ3) is 2.44. The van der Waals surface area contributed by atoms with E-state index in [0.29, 0.717) is 23.9 Å². The van der Waals surface area contributed by atoms with Crippen LogP contribution in [0.1, 0.15) is 18.9 Å². The second kappa shape index (κ2) is 4.43. The van der Waals surface area contributed by atoms with Crippen LogP contribution < -0.4 is 0 Å². The van der Waals surface area contributed by atoms with Crippen molar-refractivity contribution in [2.75, 3.05) is 6.61 Å². The highest BCUT2D eigenvalue weighted by Gasteiger charge is 2.39. The average Bonchev–Trinajstić information content (AvgIpc) is 2.44. The first kappa shape index (κ1) is 12.0.